The molecule has 2 aromatic heterocycles. The molecule has 2 heterocycles. The van der Waals surface area contributed by atoms with Crippen molar-refractivity contribution in [1.29, 1.82) is 0 Å². The number of nitro groups is 1. The molecule has 0 aliphatic rings. The molecule has 0 saturated carbocycles. The summed E-state index contributed by atoms with van der Waals surface area (Å²) in [7, 11) is 0. The molecule has 0 aliphatic heterocycles. The van der Waals surface area contributed by atoms with Crippen LogP contribution in [0.3, 0.4) is 0 Å². The van der Waals surface area contributed by atoms with E-state index < -0.39 is 4.92 Å². The van der Waals surface area contributed by atoms with E-state index >= 15 is 0 Å². The third kappa shape index (κ3) is 2.22. The maximum Gasteiger partial charge on any atom is 0.313 e. The van der Waals surface area contributed by atoms with E-state index in [0.717, 1.165) is 11.3 Å². The van der Waals surface area contributed by atoms with Crippen molar-refractivity contribution in [1.82, 2.24) is 4.98 Å². The fourth-order valence-electron chi connectivity index (χ4n) is 1.27. The van der Waals surface area contributed by atoms with Crippen LogP contribution in [0, 0.1) is 15.2 Å². The van der Waals surface area contributed by atoms with Gasteiger partial charge in [0.25, 0.3) is 0 Å². The Morgan fingerprint density at radius 2 is 2.18 bits per heavy atom. The van der Waals surface area contributed by atoms with Crippen molar-refractivity contribution in [3.05, 3.63) is 39.5 Å². The van der Waals surface area contributed by atoms with Crippen LogP contribution in [0.5, 0.6) is 0 Å². The van der Waals surface area contributed by atoms with E-state index in [1.54, 1.807) is 5.48 Å². The largest absolute Gasteiger partial charge is 0.313 e. The molecule has 0 atom stereocenters. The molecule has 2 aromatic rings. The van der Waals surface area contributed by atoms with Gasteiger partial charge in [-0.2, -0.15) is 4.39 Å². The second-order valence-electron chi connectivity index (χ2n) is 3.04. The highest BCUT2D eigenvalue weighted by Gasteiger charge is 2.16. The second-order valence-corrected chi connectivity index (χ2v) is 4.07. The summed E-state index contributed by atoms with van der Waals surface area (Å²) < 4.78 is 12.8. The molecule has 0 spiro atoms. The van der Waals surface area contributed by atoms with Crippen molar-refractivity contribution in [3.8, 4) is 10.6 Å². The zero-order chi connectivity index (χ0) is 12.4. The number of rotatable bonds is 3. The summed E-state index contributed by atoms with van der Waals surface area (Å²) in [6, 6.07) is 5.37. The molecule has 0 aromatic carbocycles. The predicted molar refractivity (Wildman–Crippen MR) is 59.6 cm³/mol. The summed E-state index contributed by atoms with van der Waals surface area (Å²) in [5.74, 6) is -0.277. The molecule has 0 amide bonds. The van der Waals surface area contributed by atoms with Gasteiger partial charge in [-0.25, -0.2) is 10.5 Å². The predicted octanol–water partition coefficient (Wildman–Crippen LogP) is 2.66. The molecule has 0 unspecified atom stereocenters. The summed E-state index contributed by atoms with van der Waals surface area (Å²) in [5.41, 5.74) is 1.65. The van der Waals surface area contributed by atoms with Crippen molar-refractivity contribution in [2.75, 3.05) is 5.48 Å². The van der Waals surface area contributed by atoms with E-state index in [-0.39, 0.29) is 16.6 Å². The number of hydrogen-bond acceptors (Lipinski definition) is 6. The highest BCUT2D eigenvalue weighted by molar-refractivity contribution is 7.13. The molecule has 8 heteroatoms. The Kier molecular flexibility index (Phi) is 2.98. The van der Waals surface area contributed by atoms with Crippen molar-refractivity contribution < 1.29 is 14.5 Å². The summed E-state index contributed by atoms with van der Waals surface area (Å²) in [5, 5.41) is 19.0. The molecule has 88 valence electrons. The molecule has 17 heavy (non-hydrogen) atoms. The molecule has 6 nitrogen and oxygen atoms in total. The molecule has 0 fully saturated rings. The Hall–Kier alpha value is -2.06. The van der Waals surface area contributed by atoms with Crippen LogP contribution in [-0.4, -0.2) is 15.1 Å². The van der Waals surface area contributed by atoms with Crippen LogP contribution in [0.2, 0.25) is 0 Å². The summed E-state index contributed by atoms with van der Waals surface area (Å²) in [4.78, 5) is 14.3. The van der Waals surface area contributed by atoms with Crippen molar-refractivity contribution in [2.45, 2.75) is 0 Å². The van der Waals surface area contributed by atoms with E-state index in [2.05, 4.69) is 4.98 Å². The normalized spacial score (nSPS) is 10.2. The van der Waals surface area contributed by atoms with E-state index in [1.165, 1.54) is 24.3 Å². The maximum atomic E-state index is 12.8. The second kappa shape index (κ2) is 4.44. The van der Waals surface area contributed by atoms with Gasteiger partial charge < -0.3 is 0 Å². The van der Waals surface area contributed by atoms with Gasteiger partial charge in [0.2, 0.25) is 5.82 Å². The van der Waals surface area contributed by atoms with Gasteiger partial charge in [-0.1, -0.05) is 0 Å². The summed E-state index contributed by atoms with van der Waals surface area (Å²) in [6.07, 6.45) is 0. The first-order valence-electron chi connectivity index (χ1n) is 4.43. The lowest BCUT2D eigenvalue weighted by Crippen LogP contribution is -2.00. The molecule has 2 rings (SSSR count). The van der Waals surface area contributed by atoms with Gasteiger partial charge in [-0.05, 0) is 18.2 Å². The number of hydrogen-bond donors (Lipinski definition) is 2. The van der Waals surface area contributed by atoms with Gasteiger partial charge in [0.15, 0.2) is 5.13 Å². The van der Waals surface area contributed by atoms with Gasteiger partial charge >= 0.3 is 5.69 Å². The number of anilines is 1. The molecular formula is C9H6FN3O3S. The Bertz CT molecular complexity index is 572. The smallest absolute Gasteiger partial charge is 0.289 e. The minimum Gasteiger partial charge on any atom is -0.289 e. The average molecular weight is 255 g/mol. The number of aromatic nitrogens is 1. The number of halogens is 1. The lowest BCUT2D eigenvalue weighted by atomic mass is 10.3. The standard InChI is InChI=1S/C9H6FN3O3S/c10-8-4-3-7(17-8)5-1-2-6(13(15)16)9(11-5)12-14/h1-4,14H,(H,11,12). The number of nitrogens with zero attached hydrogens (tertiary/aromatic N) is 2. The first kappa shape index (κ1) is 11.4. The molecule has 0 bridgehead atoms. The number of pyridine rings is 1. The van der Waals surface area contributed by atoms with Gasteiger partial charge in [0.1, 0.15) is 0 Å². The van der Waals surface area contributed by atoms with Crippen LogP contribution in [0.4, 0.5) is 15.9 Å². The van der Waals surface area contributed by atoms with Crippen molar-refractivity contribution in [3.63, 3.8) is 0 Å². The highest BCUT2D eigenvalue weighted by atomic mass is 32.1. The van der Waals surface area contributed by atoms with E-state index in [4.69, 9.17) is 5.21 Å². The topological polar surface area (TPSA) is 88.3 Å². The number of nitrogens with one attached hydrogen (secondary N) is 1. The highest BCUT2D eigenvalue weighted by Crippen LogP contribution is 2.30. The molecule has 0 radical (unpaired) electrons. The fraction of sp³-hybridized carbons (Fsp3) is 0. The van der Waals surface area contributed by atoms with Crippen LogP contribution < -0.4 is 5.48 Å². The lowest BCUT2D eigenvalue weighted by molar-refractivity contribution is -0.384. The Balaban J connectivity index is 2.48. The first-order chi connectivity index (χ1) is 8.11. The molecule has 0 saturated heterocycles. The van der Waals surface area contributed by atoms with Gasteiger partial charge in [-0.3, -0.25) is 15.3 Å². The maximum absolute atomic E-state index is 12.8. The van der Waals surface area contributed by atoms with E-state index in [9.17, 15) is 14.5 Å². The minimum atomic E-state index is -0.676. The van der Waals surface area contributed by atoms with Gasteiger partial charge in [0, 0.05) is 6.07 Å². The monoisotopic (exact) mass is 255 g/mol. The lowest BCUT2D eigenvalue weighted by Gasteiger charge is -2.02. The van der Waals surface area contributed by atoms with Crippen molar-refractivity contribution >= 4 is 22.8 Å². The average Bonchev–Trinajstić information content (AvgIpc) is 2.75. The Morgan fingerprint density at radius 3 is 2.71 bits per heavy atom. The molecule has 2 N–H and O–H groups in total. The van der Waals surface area contributed by atoms with Crippen molar-refractivity contribution in [2.24, 2.45) is 0 Å². The van der Waals surface area contributed by atoms with Crippen LogP contribution in [0.1, 0.15) is 0 Å². The third-order valence-corrected chi connectivity index (χ3v) is 2.90. The first-order valence-corrected chi connectivity index (χ1v) is 5.24. The molecular weight excluding hydrogens is 249 g/mol. The zero-order valence-corrected chi connectivity index (χ0v) is 9.07. The van der Waals surface area contributed by atoms with Gasteiger partial charge in [-0.15, -0.1) is 11.3 Å². The van der Waals surface area contributed by atoms with E-state index in [0.29, 0.717) is 10.6 Å². The Labute approximate surface area is 98.5 Å². The van der Waals surface area contributed by atoms with Crippen LogP contribution in [0.25, 0.3) is 10.6 Å². The summed E-state index contributed by atoms with van der Waals surface area (Å²) in [6.45, 7) is 0. The minimum absolute atomic E-state index is 0.277. The fourth-order valence-corrected chi connectivity index (χ4v) is 1.97. The van der Waals surface area contributed by atoms with Crippen LogP contribution >= 0.6 is 11.3 Å². The number of thiophene rings is 1. The van der Waals surface area contributed by atoms with Gasteiger partial charge in [0.05, 0.1) is 15.5 Å². The van der Waals surface area contributed by atoms with Crippen LogP contribution in [-0.2, 0) is 0 Å². The third-order valence-electron chi connectivity index (χ3n) is 2.00. The SMILES string of the molecule is O=[N+]([O-])c1ccc(-c2ccc(F)s2)nc1NO. The zero-order valence-electron chi connectivity index (χ0n) is 8.25. The van der Waals surface area contributed by atoms with E-state index in [1.807, 2.05) is 0 Å². The van der Waals surface area contributed by atoms with Crippen LogP contribution in [0.15, 0.2) is 24.3 Å². The summed E-state index contributed by atoms with van der Waals surface area (Å²) >= 11 is 0.866. The Morgan fingerprint density at radius 1 is 1.41 bits per heavy atom. The molecule has 0 aliphatic carbocycles. The quantitative estimate of drug-likeness (QED) is 0.650.